The Labute approximate surface area is 200 Å². The Balaban J connectivity index is 1.27. The molecule has 0 aromatic carbocycles. The highest BCUT2D eigenvalue weighted by molar-refractivity contribution is 5.84. The minimum atomic E-state index is -0.254. The second kappa shape index (κ2) is 11.7. The number of hydrogen-bond donors (Lipinski definition) is 3. The van der Waals surface area contributed by atoms with E-state index < -0.39 is 0 Å². The number of aliphatic hydroxyl groups excluding tert-OH is 1. The topological polar surface area (TPSA) is 68.6 Å². The maximum absolute atomic E-state index is 9.94. The van der Waals surface area contributed by atoms with Crippen LogP contribution >= 0.6 is 0 Å². The van der Waals surface area contributed by atoms with E-state index in [9.17, 15) is 5.11 Å². The molecule has 3 fully saturated rings. The summed E-state index contributed by atoms with van der Waals surface area (Å²) in [6.07, 6.45) is 24.3. The van der Waals surface area contributed by atoms with Crippen LogP contribution in [0.15, 0.2) is 47.1 Å². The van der Waals surface area contributed by atoms with Gasteiger partial charge in [-0.25, -0.2) is 0 Å². The third-order valence-corrected chi connectivity index (χ3v) is 8.16. The molecule has 33 heavy (non-hydrogen) atoms. The number of hydrogen-bond acceptors (Lipinski definition) is 5. The number of piperidine rings is 1. The lowest BCUT2D eigenvalue weighted by atomic mass is 9.78. The third-order valence-electron chi connectivity index (χ3n) is 8.16. The molecule has 1 saturated carbocycles. The highest BCUT2D eigenvalue weighted by atomic mass is 16.5. The summed E-state index contributed by atoms with van der Waals surface area (Å²) in [5.74, 6) is 0. The van der Waals surface area contributed by atoms with Crippen LogP contribution in [0.3, 0.4) is 0 Å². The van der Waals surface area contributed by atoms with E-state index in [1.807, 2.05) is 19.2 Å². The van der Waals surface area contributed by atoms with Gasteiger partial charge in [0.25, 0.3) is 0 Å². The summed E-state index contributed by atoms with van der Waals surface area (Å²) in [7, 11) is 1.91. The molecule has 1 spiro atoms. The molecule has 0 amide bonds. The number of fused-ring (bicyclic) bond motifs is 1. The van der Waals surface area contributed by atoms with Crippen LogP contribution in [0.1, 0.15) is 70.6 Å². The minimum absolute atomic E-state index is 0.0916. The molecule has 2 saturated heterocycles. The van der Waals surface area contributed by atoms with Crippen LogP contribution in [-0.2, 0) is 4.74 Å². The number of ether oxygens (including phenoxy) is 1. The van der Waals surface area contributed by atoms with Gasteiger partial charge in [-0.15, -0.1) is 0 Å². The molecule has 0 aromatic heterocycles. The van der Waals surface area contributed by atoms with Crippen LogP contribution in [0.2, 0.25) is 0 Å². The molecule has 0 radical (unpaired) electrons. The van der Waals surface area contributed by atoms with E-state index in [4.69, 9.17) is 10.1 Å². The number of aliphatic hydroxyl groups is 1. The molecule has 2 aliphatic carbocycles. The molecular formula is C28H43N3O2. The number of nitrogens with one attached hydrogen (secondary N) is 2. The van der Waals surface area contributed by atoms with Crippen molar-refractivity contribution in [3.63, 3.8) is 0 Å². The van der Waals surface area contributed by atoms with Crippen LogP contribution in [0, 0.1) is 5.41 Å². The normalized spacial score (nSPS) is 27.1. The van der Waals surface area contributed by atoms with Crippen molar-refractivity contribution in [1.29, 1.82) is 5.41 Å². The van der Waals surface area contributed by atoms with Gasteiger partial charge >= 0.3 is 0 Å². The first-order chi connectivity index (χ1) is 16.1. The van der Waals surface area contributed by atoms with E-state index >= 15 is 0 Å². The fraction of sp³-hybridized carbons (Fsp3) is 0.679. The lowest BCUT2D eigenvalue weighted by Crippen LogP contribution is -2.53. The third kappa shape index (κ3) is 6.33. The fourth-order valence-corrected chi connectivity index (χ4v) is 5.68. The predicted molar refractivity (Wildman–Crippen MR) is 136 cm³/mol. The zero-order valence-corrected chi connectivity index (χ0v) is 20.4. The van der Waals surface area contributed by atoms with E-state index in [1.54, 1.807) is 0 Å². The van der Waals surface area contributed by atoms with Gasteiger partial charge in [-0.05, 0) is 94.5 Å². The van der Waals surface area contributed by atoms with Crippen LogP contribution in [-0.4, -0.2) is 66.8 Å². The molecule has 2 unspecified atom stereocenters. The summed E-state index contributed by atoms with van der Waals surface area (Å²) in [5.41, 5.74) is 3.59. The van der Waals surface area contributed by atoms with Crippen molar-refractivity contribution in [3.05, 3.63) is 47.1 Å². The number of nitrogens with zero attached hydrogens (tertiary/aromatic N) is 1. The molecule has 182 valence electrons. The Morgan fingerprint density at radius 1 is 1.30 bits per heavy atom. The second-order valence-corrected chi connectivity index (χ2v) is 10.3. The quantitative estimate of drug-likeness (QED) is 0.331. The van der Waals surface area contributed by atoms with Crippen LogP contribution in [0.5, 0.6) is 0 Å². The molecule has 2 aliphatic heterocycles. The summed E-state index contributed by atoms with van der Waals surface area (Å²) in [6.45, 7) is 3.25. The predicted octanol–water partition coefficient (Wildman–Crippen LogP) is 4.69. The Hall–Kier alpha value is -1.53. The number of likely N-dealkylation sites (tertiary alicyclic amines) is 1. The van der Waals surface area contributed by atoms with Gasteiger partial charge in [0.15, 0.2) is 0 Å². The molecule has 2 atom stereocenters. The minimum Gasteiger partial charge on any atom is -0.393 e. The van der Waals surface area contributed by atoms with E-state index in [0.29, 0.717) is 0 Å². The molecule has 4 aliphatic rings. The van der Waals surface area contributed by atoms with Gasteiger partial charge in [0.05, 0.1) is 17.8 Å². The maximum atomic E-state index is 9.94. The first kappa shape index (κ1) is 24.6. The number of rotatable bonds is 10. The Morgan fingerprint density at radius 2 is 2.12 bits per heavy atom. The van der Waals surface area contributed by atoms with Crippen LogP contribution in [0.25, 0.3) is 0 Å². The van der Waals surface area contributed by atoms with Gasteiger partial charge in [0.2, 0.25) is 0 Å². The molecule has 0 bridgehead atoms. The van der Waals surface area contributed by atoms with Crippen molar-refractivity contribution in [2.24, 2.45) is 0 Å². The largest absolute Gasteiger partial charge is 0.393 e. The molecule has 5 nitrogen and oxygen atoms in total. The molecule has 5 heteroatoms. The van der Waals surface area contributed by atoms with Gasteiger partial charge in [-0.2, -0.15) is 0 Å². The molecular weight excluding hydrogens is 410 g/mol. The summed E-state index contributed by atoms with van der Waals surface area (Å²) in [5, 5.41) is 20.9. The average Bonchev–Trinajstić information content (AvgIpc) is 2.80. The first-order valence-electron chi connectivity index (χ1n) is 13.2. The highest BCUT2D eigenvalue weighted by Gasteiger charge is 2.43. The van der Waals surface area contributed by atoms with Crippen LogP contribution in [0.4, 0.5) is 0 Å². The summed E-state index contributed by atoms with van der Waals surface area (Å²) in [4.78, 5) is 2.71. The van der Waals surface area contributed by atoms with E-state index in [0.717, 1.165) is 62.3 Å². The van der Waals surface area contributed by atoms with Gasteiger partial charge < -0.3 is 25.5 Å². The van der Waals surface area contributed by atoms with Crippen molar-refractivity contribution in [1.82, 2.24) is 10.2 Å². The fourth-order valence-electron chi connectivity index (χ4n) is 5.68. The van der Waals surface area contributed by atoms with Crippen LogP contribution < -0.4 is 5.32 Å². The second-order valence-electron chi connectivity index (χ2n) is 10.3. The summed E-state index contributed by atoms with van der Waals surface area (Å²) in [6, 6.07) is 0.852. The van der Waals surface area contributed by atoms with Gasteiger partial charge in [0, 0.05) is 25.3 Å². The smallest absolute Gasteiger partial charge is 0.0830 e. The lowest BCUT2D eigenvalue weighted by Gasteiger charge is -2.50. The standard InChI is InChI=1S/C28H43N3O2/c1-30-17-13-26(32)9-4-2-3-6-24(21-29)22-10-11-27-23(20-22)12-14-28(33-27)15-18-31(19-16-28)25-7-5-8-25/h2-3,6,10,20-21,25-27,29-30,32H,4-5,7-9,11-19H2,1H3/b3-2+,24-6+,29-21?. The molecule has 3 N–H and O–H groups in total. The lowest BCUT2D eigenvalue weighted by molar-refractivity contribution is -0.137. The molecule has 0 aromatic rings. The van der Waals surface area contributed by atoms with Crippen molar-refractivity contribution >= 4 is 6.21 Å². The first-order valence-corrected chi connectivity index (χ1v) is 13.2. The summed E-state index contributed by atoms with van der Waals surface area (Å²) < 4.78 is 6.77. The monoisotopic (exact) mass is 453 g/mol. The Kier molecular flexibility index (Phi) is 8.75. The molecule has 4 rings (SSSR count). The van der Waals surface area contributed by atoms with Gasteiger partial charge in [0.1, 0.15) is 0 Å². The van der Waals surface area contributed by atoms with E-state index in [1.165, 1.54) is 57.0 Å². The highest BCUT2D eigenvalue weighted by Crippen LogP contribution is 2.43. The van der Waals surface area contributed by atoms with Crippen molar-refractivity contribution < 1.29 is 9.84 Å². The molecule has 2 heterocycles. The maximum Gasteiger partial charge on any atom is 0.0830 e. The number of allylic oxidation sites excluding steroid dienone is 6. The van der Waals surface area contributed by atoms with Crippen molar-refractivity contribution in [2.45, 2.75) is 94.5 Å². The Bertz CT molecular complexity index is 785. The van der Waals surface area contributed by atoms with E-state index in [2.05, 4.69) is 28.4 Å². The van der Waals surface area contributed by atoms with Crippen molar-refractivity contribution in [3.8, 4) is 0 Å². The Morgan fingerprint density at radius 3 is 2.82 bits per heavy atom. The zero-order valence-electron chi connectivity index (χ0n) is 20.4. The van der Waals surface area contributed by atoms with E-state index in [-0.39, 0.29) is 17.8 Å². The van der Waals surface area contributed by atoms with Gasteiger partial charge in [-0.1, -0.05) is 36.8 Å². The zero-order chi connectivity index (χ0) is 23.1. The SMILES string of the molecule is CNCCC(O)CC/C=C/C=C(\C=N)C1=CCC2OC3(CCC2=C1)CCN(C1CCC1)CC3. The van der Waals surface area contributed by atoms with Crippen molar-refractivity contribution in [2.75, 3.05) is 26.7 Å². The summed E-state index contributed by atoms with van der Waals surface area (Å²) >= 11 is 0. The van der Waals surface area contributed by atoms with Gasteiger partial charge in [-0.3, -0.25) is 0 Å². The average molecular weight is 454 g/mol.